The summed E-state index contributed by atoms with van der Waals surface area (Å²) < 4.78 is 53.4. The van der Waals surface area contributed by atoms with Gasteiger partial charge in [0.05, 0.1) is 20.8 Å². The van der Waals surface area contributed by atoms with Crippen molar-refractivity contribution in [1.82, 2.24) is 0 Å². The summed E-state index contributed by atoms with van der Waals surface area (Å²) in [6, 6.07) is 5.45. The van der Waals surface area contributed by atoms with Crippen LogP contribution < -0.4 is 14.8 Å². The van der Waals surface area contributed by atoms with Crippen LogP contribution in [0.3, 0.4) is 0 Å². The van der Waals surface area contributed by atoms with Gasteiger partial charge in [-0.05, 0) is 24.3 Å². The number of hydrogen-bond acceptors (Lipinski definition) is 4. The molecule has 3 rings (SSSR count). The third-order valence-corrected chi connectivity index (χ3v) is 6.06. The molecule has 0 aliphatic carbocycles. The summed E-state index contributed by atoms with van der Waals surface area (Å²) in [6.07, 6.45) is 0. The number of nitrogens with one attached hydrogen (secondary N) is 1. The molecule has 0 fully saturated rings. The van der Waals surface area contributed by atoms with E-state index < -0.39 is 24.1 Å². The van der Waals surface area contributed by atoms with E-state index in [1.54, 1.807) is 0 Å². The fourth-order valence-electron chi connectivity index (χ4n) is 2.41. The lowest BCUT2D eigenvalue weighted by Crippen LogP contribution is -2.13. The number of amides is 1. The van der Waals surface area contributed by atoms with Crippen LogP contribution in [0.5, 0.6) is 11.5 Å². The third kappa shape index (κ3) is 5.50. The van der Waals surface area contributed by atoms with Gasteiger partial charge in [0.1, 0.15) is 28.2 Å². The van der Waals surface area contributed by atoms with E-state index in [9.17, 15) is 18.0 Å². The van der Waals surface area contributed by atoms with E-state index in [4.69, 9.17) is 67.2 Å². The number of benzene rings is 2. The Labute approximate surface area is 203 Å². The quantitative estimate of drug-likeness (QED) is 0.239. The highest BCUT2D eigenvalue weighted by Crippen LogP contribution is 2.48. The molecular weight excluding hydrogens is 540 g/mol. The molecule has 1 N–H and O–H groups in total. The summed E-state index contributed by atoms with van der Waals surface area (Å²) in [5.41, 5.74) is -0.185. The van der Waals surface area contributed by atoms with Crippen LogP contribution in [0.4, 0.5) is 18.9 Å². The highest BCUT2D eigenvalue weighted by molar-refractivity contribution is 6.55. The fraction of sp³-hybridized carbons (Fsp3) is 0.105. The Morgan fingerprint density at radius 1 is 0.969 bits per heavy atom. The van der Waals surface area contributed by atoms with Gasteiger partial charge in [-0.2, -0.15) is 8.78 Å². The molecule has 2 aromatic carbocycles. The van der Waals surface area contributed by atoms with Crippen LogP contribution in [0.15, 0.2) is 34.7 Å². The SMILES string of the molecule is O=C(Nc1ccc(F)cc1OC(F)F)c1ccc(COc2c(Cl)c(Cl)c(Cl)c(Cl)c2Cl)o1. The van der Waals surface area contributed by atoms with Gasteiger partial charge in [-0.3, -0.25) is 4.79 Å². The minimum Gasteiger partial charge on any atom is -0.482 e. The number of anilines is 1. The van der Waals surface area contributed by atoms with E-state index in [0.717, 1.165) is 12.1 Å². The van der Waals surface area contributed by atoms with Gasteiger partial charge in [0.2, 0.25) is 0 Å². The van der Waals surface area contributed by atoms with E-state index in [0.29, 0.717) is 6.07 Å². The molecule has 13 heteroatoms. The summed E-state index contributed by atoms with van der Waals surface area (Å²) in [5.74, 6) is -2.25. The second-order valence-electron chi connectivity index (χ2n) is 5.93. The number of carbonyl (C=O) groups excluding carboxylic acids is 1. The largest absolute Gasteiger partial charge is 0.482 e. The fourth-order valence-corrected chi connectivity index (χ4v) is 3.64. The number of ether oxygens (including phenoxy) is 2. The summed E-state index contributed by atoms with van der Waals surface area (Å²) >= 11 is 30.0. The minimum absolute atomic E-state index is 0.0383. The summed E-state index contributed by atoms with van der Waals surface area (Å²) in [5, 5.41) is 2.00. The zero-order valence-corrected chi connectivity index (χ0v) is 19.1. The molecule has 0 aliphatic heterocycles. The first-order chi connectivity index (χ1) is 15.1. The Balaban J connectivity index is 1.73. The molecule has 170 valence electrons. The lowest BCUT2D eigenvalue weighted by molar-refractivity contribution is -0.0495. The van der Waals surface area contributed by atoms with Crippen LogP contribution in [0.2, 0.25) is 25.1 Å². The maximum atomic E-state index is 13.3. The number of halogens is 8. The van der Waals surface area contributed by atoms with E-state index >= 15 is 0 Å². The predicted molar refractivity (Wildman–Crippen MR) is 116 cm³/mol. The minimum atomic E-state index is -3.21. The van der Waals surface area contributed by atoms with E-state index in [-0.39, 0.29) is 54.7 Å². The van der Waals surface area contributed by atoms with Gasteiger partial charge in [-0.25, -0.2) is 4.39 Å². The molecule has 3 aromatic rings. The molecular formula is C19H9Cl5F3NO4. The summed E-state index contributed by atoms with van der Waals surface area (Å²) in [6.45, 7) is -3.44. The first-order valence-electron chi connectivity index (χ1n) is 8.37. The summed E-state index contributed by atoms with van der Waals surface area (Å²) in [4.78, 5) is 12.4. The van der Waals surface area contributed by atoms with Crippen LogP contribution in [0.25, 0.3) is 0 Å². The Morgan fingerprint density at radius 2 is 1.59 bits per heavy atom. The molecule has 1 aromatic heterocycles. The molecule has 32 heavy (non-hydrogen) atoms. The molecule has 0 bridgehead atoms. The normalized spacial score (nSPS) is 11.0. The number of furan rings is 1. The lowest BCUT2D eigenvalue weighted by Gasteiger charge is -2.13. The van der Waals surface area contributed by atoms with Crippen LogP contribution >= 0.6 is 58.0 Å². The van der Waals surface area contributed by atoms with Crippen LogP contribution in [0, 0.1) is 5.82 Å². The van der Waals surface area contributed by atoms with Gasteiger partial charge in [0.15, 0.2) is 17.3 Å². The van der Waals surface area contributed by atoms with Crippen molar-refractivity contribution in [3.63, 3.8) is 0 Å². The monoisotopic (exact) mass is 547 g/mol. The maximum absolute atomic E-state index is 13.3. The zero-order valence-electron chi connectivity index (χ0n) is 15.3. The Morgan fingerprint density at radius 3 is 2.22 bits per heavy atom. The molecule has 0 saturated heterocycles. The highest BCUT2D eigenvalue weighted by atomic mass is 35.5. The third-order valence-electron chi connectivity index (χ3n) is 3.82. The number of carbonyl (C=O) groups is 1. The van der Waals surface area contributed by atoms with Crippen molar-refractivity contribution in [1.29, 1.82) is 0 Å². The van der Waals surface area contributed by atoms with E-state index in [1.165, 1.54) is 12.1 Å². The standard InChI is InChI=1S/C19H9Cl5F3NO4/c20-12-13(21)15(23)17(16(24)14(12)22)30-6-8-2-4-10(31-8)18(29)28-9-3-1-7(25)5-11(9)32-19(26)27/h1-5,19H,6H2,(H,28,29). The van der Waals surface area contributed by atoms with Crippen molar-refractivity contribution in [3.05, 3.63) is 72.8 Å². The Hall–Kier alpha value is -1.97. The van der Waals surface area contributed by atoms with Gasteiger partial charge in [0.25, 0.3) is 5.91 Å². The van der Waals surface area contributed by atoms with Crippen molar-refractivity contribution in [2.24, 2.45) is 0 Å². The van der Waals surface area contributed by atoms with Gasteiger partial charge >= 0.3 is 6.61 Å². The van der Waals surface area contributed by atoms with Crippen molar-refractivity contribution >= 4 is 69.6 Å². The summed E-state index contributed by atoms with van der Waals surface area (Å²) in [7, 11) is 0. The number of rotatable bonds is 7. The lowest BCUT2D eigenvalue weighted by atomic mass is 10.2. The molecule has 1 amide bonds. The van der Waals surface area contributed by atoms with Crippen molar-refractivity contribution < 1.29 is 31.9 Å². The van der Waals surface area contributed by atoms with Gasteiger partial charge in [-0.15, -0.1) is 0 Å². The average molecular weight is 550 g/mol. The molecule has 1 heterocycles. The van der Waals surface area contributed by atoms with Gasteiger partial charge in [0, 0.05) is 6.07 Å². The van der Waals surface area contributed by atoms with Crippen molar-refractivity contribution in [2.75, 3.05) is 5.32 Å². The molecule has 0 radical (unpaired) electrons. The van der Waals surface area contributed by atoms with Gasteiger partial charge in [-0.1, -0.05) is 58.0 Å². The van der Waals surface area contributed by atoms with Crippen molar-refractivity contribution in [2.45, 2.75) is 13.2 Å². The first kappa shape index (κ1) is 24.7. The number of hydrogen-bond donors (Lipinski definition) is 1. The second-order valence-corrected chi connectivity index (χ2v) is 7.82. The maximum Gasteiger partial charge on any atom is 0.387 e. The topological polar surface area (TPSA) is 60.7 Å². The highest BCUT2D eigenvalue weighted by Gasteiger charge is 2.22. The smallest absolute Gasteiger partial charge is 0.387 e. The molecule has 0 saturated carbocycles. The Kier molecular flexibility index (Phi) is 7.95. The Bertz CT molecular complexity index is 1140. The molecule has 0 unspecified atom stereocenters. The zero-order chi connectivity index (χ0) is 23.6. The predicted octanol–water partition coefficient (Wildman–Crippen LogP) is 8.12. The second kappa shape index (κ2) is 10.3. The number of alkyl halides is 2. The van der Waals surface area contributed by atoms with Crippen LogP contribution in [0.1, 0.15) is 16.3 Å². The van der Waals surface area contributed by atoms with Crippen LogP contribution in [-0.2, 0) is 6.61 Å². The van der Waals surface area contributed by atoms with Crippen molar-refractivity contribution in [3.8, 4) is 11.5 Å². The van der Waals surface area contributed by atoms with E-state index in [2.05, 4.69) is 10.1 Å². The van der Waals surface area contributed by atoms with Gasteiger partial charge < -0.3 is 19.2 Å². The average Bonchev–Trinajstić information content (AvgIpc) is 3.21. The molecule has 0 aliphatic rings. The molecule has 5 nitrogen and oxygen atoms in total. The molecule has 0 spiro atoms. The van der Waals surface area contributed by atoms with Crippen LogP contribution in [-0.4, -0.2) is 12.5 Å². The first-order valence-corrected chi connectivity index (χ1v) is 10.3. The van der Waals surface area contributed by atoms with E-state index in [1.807, 2.05) is 0 Å². The molecule has 0 atom stereocenters.